The van der Waals surface area contributed by atoms with E-state index in [1.807, 2.05) is 88.4 Å². The Balaban J connectivity index is 0.00000827. The van der Waals surface area contributed by atoms with E-state index in [-0.39, 0.29) is 55.6 Å². The van der Waals surface area contributed by atoms with E-state index in [0.29, 0.717) is 64.5 Å². The second kappa shape index (κ2) is 29.7. The van der Waals surface area contributed by atoms with Gasteiger partial charge in [-0.2, -0.15) is 0 Å². The van der Waals surface area contributed by atoms with Crippen LogP contribution in [0.15, 0.2) is 60.7 Å². The number of carboxylic acid groups (broad SMARTS) is 1. The molecule has 0 aromatic heterocycles. The molecular formula is C44H71N7O7. The number of benzene rings is 2. The number of carboxylic acids is 1. The first-order valence-corrected chi connectivity index (χ1v) is 20.9. The molecule has 324 valence electrons. The minimum atomic E-state index is -1.18. The molecule has 2 aromatic carbocycles. The summed E-state index contributed by atoms with van der Waals surface area (Å²) in [5.74, 6) is -4.47. The highest BCUT2D eigenvalue weighted by molar-refractivity contribution is 5.95. The Labute approximate surface area is 345 Å². The molecule has 0 unspecified atom stereocenters. The highest BCUT2D eigenvalue weighted by Gasteiger charge is 2.32. The van der Waals surface area contributed by atoms with Gasteiger partial charge in [-0.25, -0.2) is 4.79 Å². The zero-order chi connectivity index (χ0) is 43.5. The predicted octanol–water partition coefficient (Wildman–Crippen LogP) is 3.17. The lowest BCUT2D eigenvalue weighted by atomic mass is 9.88. The van der Waals surface area contributed by atoms with Crippen molar-refractivity contribution >= 4 is 35.3 Å². The molecule has 14 nitrogen and oxygen atoms in total. The van der Waals surface area contributed by atoms with Crippen molar-refractivity contribution in [1.29, 1.82) is 0 Å². The third-order valence-corrected chi connectivity index (χ3v) is 9.73. The average molecular weight is 810 g/mol. The summed E-state index contributed by atoms with van der Waals surface area (Å²) in [7, 11) is 0. The SMILES string of the molecule is CC.CC(C)C[C@@H](NC(=O)[C@H](CC(=O)[C@H](N)Cc1ccccc1)Cc1ccccc1)C(=O)C[C@H](CCCN)C(=O)NCCCC[C@@H](NC(=O)[C@H](N)CCCN)C(=O)O. The van der Waals surface area contributed by atoms with Crippen LogP contribution in [0.2, 0.25) is 0 Å². The number of nitrogens with one attached hydrogen (secondary N) is 3. The van der Waals surface area contributed by atoms with Crippen molar-refractivity contribution in [3.8, 4) is 0 Å². The van der Waals surface area contributed by atoms with E-state index < -0.39 is 53.8 Å². The average Bonchev–Trinajstić information content (AvgIpc) is 3.21. The molecule has 0 saturated carbocycles. The Kier molecular flexibility index (Phi) is 26.4. The number of nitrogens with two attached hydrogens (primary N) is 4. The van der Waals surface area contributed by atoms with E-state index in [9.17, 15) is 33.9 Å². The van der Waals surface area contributed by atoms with E-state index in [0.717, 1.165) is 11.1 Å². The monoisotopic (exact) mass is 810 g/mol. The molecule has 0 aliphatic heterocycles. The lowest BCUT2D eigenvalue weighted by Gasteiger charge is -2.25. The topological polar surface area (TPSA) is 263 Å². The van der Waals surface area contributed by atoms with Gasteiger partial charge in [0.2, 0.25) is 17.7 Å². The van der Waals surface area contributed by atoms with Crippen LogP contribution < -0.4 is 38.9 Å². The number of unbranched alkanes of at least 4 members (excludes halogenated alkanes) is 1. The Bertz CT molecular complexity index is 1510. The number of hydrogen-bond donors (Lipinski definition) is 8. The first kappa shape index (κ1) is 51.5. The second-order valence-corrected chi connectivity index (χ2v) is 15.1. The zero-order valence-electron chi connectivity index (χ0n) is 35.1. The fourth-order valence-electron chi connectivity index (χ4n) is 6.47. The van der Waals surface area contributed by atoms with E-state index >= 15 is 0 Å². The molecule has 58 heavy (non-hydrogen) atoms. The normalized spacial score (nSPS) is 14.1. The fraction of sp³-hybridized carbons (Fsp3) is 0.591. The molecule has 2 aromatic rings. The van der Waals surface area contributed by atoms with Gasteiger partial charge in [0.25, 0.3) is 0 Å². The minimum absolute atomic E-state index is 0.0372. The van der Waals surface area contributed by atoms with E-state index in [2.05, 4.69) is 16.0 Å². The van der Waals surface area contributed by atoms with Crippen LogP contribution in [0.4, 0.5) is 0 Å². The van der Waals surface area contributed by atoms with Gasteiger partial charge in [-0.1, -0.05) is 88.4 Å². The second-order valence-electron chi connectivity index (χ2n) is 15.1. The Morgan fingerprint density at radius 1 is 0.603 bits per heavy atom. The standard InChI is InChI=1S/C42H65N7O7.C2H6/c1-28(2)23-36(49-40(53)32(24-29-13-5-3-6-14-29)27-37(50)34(46)25-30-15-7-4-8-16-30)38(51)26-31(17-11-20-43)39(52)47-22-10-9-19-35(42(55)56)48-41(54)33(45)18-12-21-44;1-2/h3-8,13-16,28,31-36H,9-12,17-27,43-46H2,1-2H3,(H,47,52)(H,48,54)(H,49,53)(H,55,56);1-2H3/t31-,32-,33+,34+,35+,36+;/m0./s1. The number of ketones is 2. The van der Waals surface area contributed by atoms with Crippen LogP contribution in [0.5, 0.6) is 0 Å². The Morgan fingerprint density at radius 2 is 1.14 bits per heavy atom. The maximum Gasteiger partial charge on any atom is 0.326 e. The third-order valence-electron chi connectivity index (χ3n) is 9.73. The highest BCUT2D eigenvalue weighted by atomic mass is 16.4. The smallest absolute Gasteiger partial charge is 0.326 e. The summed E-state index contributed by atoms with van der Waals surface area (Å²) in [6, 6.07) is 15.1. The Hall–Kier alpha value is -4.50. The molecule has 3 amide bonds. The van der Waals surface area contributed by atoms with Crippen molar-refractivity contribution < 1.29 is 33.9 Å². The summed E-state index contributed by atoms with van der Waals surface area (Å²) < 4.78 is 0. The first-order chi connectivity index (χ1) is 27.7. The van der Waals surface area contributed by atoms with Gasteiger partial charge in [0.15, 0.2) is 11.6 Å². The lowest BCUT2D eigenvalue weighted by molar-refractivity contribution is -0.142. The number of aliphatic carboxylic acids is 1. The number of carbonyl (C=O) groups excluding carboxylic acids is 5. The summed E-state index contributed by atoms with van der Waals surface area (Å²) in [5.41, 5.74) is 25.2. The third kappa shape index (κ3) is 20.8. The van der Waals surface area contributed by atoms with Gasteiger partial charge in [-0.3, -0.25) is 24.0 Å². The number of rotatable bonds is 29. The van der Waals surface area contributed by atoms with Gasteiger partial charge in [-0.15, -0.1) is 0 Å². The molecule has 14 heteroatoms. The van der Waals surface area contributed by atoms with Crippen molar-refractivity contribution in [2.45, 2.75) is 129 Å². The summed E-state index contributed by atoms with van der Waals surface area (Å²) >= 11 is 0. The van der Waals surface area contributed by atoms with Gasteiger partial charge < -0.3 is 44.0 Å². The van der Waals surface area contributed by atoms with E-state index in [4.69, 9.17) is 22.9 Å². The van der Waals surface area contributed by atoms with Gasteiger partial charge in [0, 0.05) is 31.2 Å². The van der Waals surface area contributed by atoms with Gasteiger partial charge in [0.05, 0.1) is 18.1 Å². The molecular weight excluding hydrogens is 739 g/mol. The quantitative estimate of drug-likeness (QED) is 0.0554. The summed E-state index contributed by atoms with van der Waals surface area (Å²) in [5, 5.41) is 17.9. The van der Waals surface area contributed by atoms with Crippen molar-refractivity contribution in [3.05, 3.63) is 71.8 Å². The van der Waals surface area contributed by atoms with Crippen LogP contribution in [-0.2, 0) is 41.6 Å². The van der Waals surface area contributed by atoms with Crippen LogP contribution in [0.1, 0.15) is 103 Å². The van der Waals surface area contributed by atoms with Crippen LogP contribution in [0.3, 0.4) is 0 Å². The van der Waals surface area contributed by atoms with Crippen LogP contribution >= 0.6 is 0 Å². The maximum absolute atomic E-state index is 14.0. The van der Waals surface area contributed by atoms with Crippen molar-refractivity contribution in [1.82, 2.24) is 16.0 Å². The molecule has 0 aliphatic carbocycles. The van der Waals surface area contributed by atoms with E-state index in [1.165, 1.54) is 0 Å². The minimum Gasteiger partial charge on any atom is -0.480 e. The molecule has 0 aliphatic rings. The molecule has 2 rings (SSSR count). The summed E-state index contributed by atoms with van der Waals surface area (Å²) in [6.45, 7) is 8.81. The zero-order valence-corrected chi connectivity index (χ0v) is 35.1. The van der Waals surface area contributed by atoms with Gasteiger partial charge >= 0.3 is 5.97 Å². The number of carbonyl (C=O) groups is 6. The van der Waals surface area contributed by atoms with Crippen LogP contribution in [0.25, 0.3) is 0 Å². The fourth-order valence-corrected chi connectivity index (χ4v) is 6.47. The summed E-state index contributed by atoms with van der Waals surface area (Å²) in [6.07, 6.45) is 3.47. The number of hydrogen-bond acceptors (Lipinski definition) is 10. The Morgan fingerprint density at radius 3 is 1.69 bits per heavy atom. The number of amides is 3. The van der Waals surface area contributed by atoms with Crippen LogP contribution in [0, 0.1) is 17.8 Å². The molecule has 0 saturated heterocycles. The number of Topliss-reactive ketones (excluding diaryl/α,β-unsaturated/α-hetero) is 2. The largest absolute Gasteiger partial charge is 0.480 e. The van der Waals surface area contributed by atoms with Crippen LogP contribution in [-0.4, -0.2) is 84.2 Å². The van der Waals surface area contributed by atoms with E-state index in [1.54, 1.807) is 0 Å². The maximum atomic E-state index is 14.0. The molecule has 12 N–H and O–H groups in total. The van der Waals surface area contributed by atoms with Gasteiger partial charge in [0.1, 0.15) is 6.04 Å². The molecule has 6 atom stereocenters. The molecule has 0 bridgehead atoms. The first-order valence-electron chi connectivity index (χ1n) is 20.9. The van der Waals surface area contributed by atoms with Crippen molar-refractivity contribution in [3.63, 3.8) is 0 Å². The molecule has 0 heterocycles. The molecule has 0 radical (unpaired) electrons. The molecule has 0 fully saturated rings. The molecule has 0 spiro atoms. The predicted molar refractivity (Wildman–Crippen MR) is 228 cm³/mol. The lowest BCUT2D eigenvalue weighted by Crippen LogP contribution is -2.48. The highest BCUT2D eigenvalue weighted by Crippen LogP contribution is 2.20. The van der Waals surface area contributed by atoms with Gasteiger partial charge in [-0.05, 0) is 94.3 Å². The van der Waals surface area contributed by atoms with Crippen molar-refractivity contribution in [2.75, 3.05) is 19.6 Å². The van der Waals surface area contributed by atoms with Crippen molar-refractivity contribution in [2.24, 2.45) is 40.7 Å². The summed E-state index contributed by atoms with van der Waals surface area (Å²) in [4.78, 5) is 78.7.